The minimum Gasteiger partial charge on any atom is -0.496 e. The molecule has 0 saturated carbocycles. The first kappa shape index (κ1) is 24.7. The molecule has 0 atom stereocenters. The number of hydrogen-bond acceptors (Lipinski definition) is 7. The third-order valence-electron chi connectivity index (χ3n) is 7.16. The molecule has 8 nitrogen and oxygen atoms in total. The van der Waals surface area contributed by atoms with Gasteiger partial charge in [0.05, 0.1) is 12.8 Å². The zero-order chi connectivity index (χ0) is 24.2. The molecule has 4 rings (SSSR count). The van der Waals surface area contributed by atoms with E-state index in [1.54, 1.807) is 7.11 Å². The summed E-state index contributed by atoms with van der Waals surface area (Å²) < 4.78 is 5.76. The third-order valence-corrected chi connectivity index (χ3v) is 7.46. The number of hydrogen-bond donors (Lipinski definition) is 2. The highest BCUT2D eigenvalue weighted by Gasteiger charge is 2.29. The maximum absolute atomic E-state index is 11.9. The van der Waals surface area contributed by atoms with Gasteiger partial charge in [-0.15, -0.1) is 0 Å². The summed E-state index contributed by atoms with van der Waals surface area (Å²) in [6, 6.07) is 6.75. The molecule has 0 unspecified atom stereocenters. The Balaban J connectivity index is 1.47. The molecule has 3 heterocycles. The van der Waals surface area contributed by atoms with Gasteiger partial charge in [0.25, 0.3) is 5.91 Å². The molecule has 2 aromatic rings. The number of piperidine rings is 2. The van der Waals surface area contributed by atoms with E-state index in [1.165, 1.54) is 31.5 Å². The van der Waals surface area contributed by atoms with Crippen LogP contribution >= 0.6 is 11.6 Å². The van der Waals surface area contributed by atoms with Crippen molar-refractivity contribution in [3.05, 3.63) is 40.3 Å². The van der Waals surface area contributed by atoms with Crippen LogP contribution in [0.2, 0.25) is 5.15 Å². The smallest absolute Gasteiger partial charge is 0.271 e. The van der Waals surface area contributed by atoms with Gasteiger partial charge in [0, 0.05) is 17.8 Å². The molecule has 0 spiro atoms. The van der Waals surface area contributed by atoms with E-state index in [0.717, 1.165) is 43.4 Å². The quantitative estimate of drug-likeness (QED) is 0.614. The van der Waals surface area contributed by atoms with Crippen LogP contribution in [0.3, 0.4) is 0 Å². The lowest BCUT2D eigenvalue weighted by atomic mass is 9.87. The Morgan fingerprint density at radius 2 is 1.88 bits per heavy atom. The fourth-order valence-electron chi connectivity index (χ4n) is 5.13. The van der Waals surface area contributed by atoms with Crippen LogP contribution in [0.5, 0.6) is 5.75 Å². The summed E-state index contributed by atoms with van der Waals surface area (Å²) in [5.41, 5.74) is 8.11. The average molecular weight is 487 g/mol. The minimum absolute atomic E-state index is 0.0746. The first-order chi connectivity index (χ1) is 16.4. The maximum atomic E-state index is 11.9. The molecular weight excluding hydrogens is 452 g/mol. The number of carbonyl (C=O) groups excluding carboxylic acids is 1. The number of likely N-dealkylation sites (tertiary alicyclic amines) is 2. The van der Waals surface area contributed by atoms with Crippen molar-refractivity contribution < 1.29 is 9.53 Å². The van der Waals surface area contributed by atoms with Gasteiger partial charge in [-0.2, -0.15) is 0 Å². The van der Waals surface area contributed by atoms with Crippen LogP contribution in [-0.2, 0) is 6.42 Å². The van der Waals surface area contributed by atoms with Gasteiger partial charge in [-0.1, -0.05) is 24.6 Å². The summed E-state index contributed by atoms with van der Waals surface area (Å²) in [7, 11) is 3.90. The summed E-state index contributed by atoms with van der Waals surface area (Å²) in [5.74, 6) is 0.885. The average Bonchev–Trinajstić information content (AvgIpc) is 2.84. The molecule has 1 amide bonds. The highest BCUT2D eigenvalue weighted by atomic mass is 35.5. The van der Waals surface area contributed by atoms with E-state index in [4.69, 9.17) is 22.1 Å². The third kappa shape index (κ3) is 5.45. The number of nitrogens with two attached hydrogens (primary N) is 1. The SMILES string of the molecule is CCc1nc(C(N)=O)c(Nc2ccc(C3CCN(C4CCN(C)CC4)CC3)c(OC)c2)nc1Cl. The van der Waals surface area contributed by atoms with E-state index in [0.29, 0.717) is 18.0 Å². The molecule has 2 aliphatic heterocycles. The lowest BCUT2D eigenvalue weighted by Gasteiger charge is -2.41. The van der Waals surface area contributed by atoms with Gasteiger partial charge in [-0.05, 0) is 82.9 Å². The van der Waals surface area contributed by atoms with E-state index in [2.05, 4.69) is 38.2 Å². The lowest BCUT2D eigenvalue weighted by Crippen LogP contribution is -2.46. The molecule has 0 aliphatic carbocycles. The van der Waals surface area contributed by atoms with Crippen molar-refractivity contribution in [1.82, 2.24) is 19.8 Å². The Hall–Kier alpha value is -2.42. The minimum atomic E-state index is -0.652. The number of aryl methyl sites for hydroxylation is 1. The molecule has 9 heteroatoms. The van der Waals surface area contributed by atoms with Gasteiger partial charge in [0.15, 0.2) is 16.7 Å². The van der Waals surface area contributed by atoms with Crippen LogP contribution in [0.15, 0.2) is 18.2 Å². The lowest BCUT2D eigenvalue weighted by molar-refractivity contribution is 0.0963. The second-order valence-electron chi connectivity index (χ2n) is 9.30. The summed E-state index contributed by atoms with van der Waals surface area (Å²) in [6.45, 7) is 6.54. The Bertz CT molecular complexity index is 1020. The molecule has 0 bridgehead atoms. The number of ether oxygens (including phenoxy) is 1. The van der Waals surface area contributed by atoms with E-state index in [1.807, 2.05) is 19.1 Å². The topological polar surface area (TPSA) is 96.6 Å². The van der Waals surface area contributed by atoms with Crippen molar-refractivity contribution in [2.75, 3.05) is 45.7 Å². The largest absolute Gasteiger partial charge is 0.496 e. The van der Waals surface area contributed by atoms with Gasteiger partial charge in [-0.3, -0.25) is 4.79 Å². The molecule has 1 aromatic heterocycles. The number of benzene rings is 1. The Kier molecular flexibility index (Phi) is 7.91. The Labute approximate surface area is 206 Å². The molecule has 3 N–H and O–H groups in total. The van der Waals surface area contributed by atoms with Crippen LogP contribution in [0.25, 0.3) is 0 Å². The van der Waals surface area contributed by atoms with Crippen molar-refractivity contribution in [3.8, 4) is 5.75 Å². The Morgan fingerprint density at radius 1 is 1.18 bits per heavy atom. The van der Waals surface area contributed by atoms with Crippen molar-refractivity contribution in [3.63, 3.8) is 0 Å². The monoisotopic (exact) mass is 486 g/mol. The number of nitrogens with one attached hydrogen (secondary N) is 1. The van der Waals surface area contributed by atoms with Crippen molar-refractivity contribution in [2.45, 2.75) is 51.0 Å². The normalized spacial score (nSPS) is 18.7. The zero-order valence-electron chi connectivity index (χ0n) is 20.3. The summed E-state index contributed by atoms with van der Waals surface area (Å²) in [6.07, 6.45) is 5.35. The number of carbonyl (C=O) groups is 1. The van der Waals surface area contributed by atoms with Crippen molar-refractivity contribution in [1.29, 1.82) is 0 Å². The van der Waals surface area contributed by atoms with Gasteiger partial charge in [-0.25, -0.2) is 9.97 Å². The highest BCUT2D eigenvalue weighted by Crippen LogP contribution is 2.37. The zero-order valence-corrected chi connectivity index (χ0v) is 21.1. The molecular formula is C25H35ClN6O2. The van der Waals surface area contributed by atoms with Crippen LogP contribution in [0.4, 0.5) is 11.5 Å². The summed E-state index contributed by atoms with van der Waals surface area (Å²) >= 11 is 6.24. The Morgan fingerprint density at radius 3 is 2.50 bits per heavy atom. The number of nitrogens with zero attached hydrogens (tertiary/aromatic N) is 4. The van der Waals surface area contributed by atoms with Crippen LogP contribution in [0.1, 0.15) is 60.3 Å². The van der Waals surface area contributed by atoms with Gasteiger partial charge in [0.2, 0.25) is 0 Å². The maximum Gasteiger partial charge on any atom is 0.271 e. The first-order valence-electron chi connectivity index (χ1n) is 12.1. The number of primary amides is 1. The second-order valence-corrected chi connectivity index (χ2v) is 9.66. The standard InChI is InChI=1S/C25H35ClN6O2/c1-4-20-23(26)30-25(22(29-20)24(27)33)28-17-5-6-19(21(15-17)34-3)16-7-13-32(14-8-16)18-9-11-31(2)12-10-18/h5-6,15-16,18H,4,7-14H2,1-3H3,(H2,27,33)(H,28,30). The number of aromatic nitrogens is 2. The molecule has 34 heavy (non-hydrogen) atoms. The summed E-state index contributed by atoms with van der Waals surface area (Å²) in [4.78, 5) is 25.7. The van der Waals surface area contributed by atoms with E-state index in [9.17, 15) is 4.79 Å². The molecule has 2 aliphatic rings. The van der Waals surface area contributed by atoms with E-state index >= 15 is 0 Å². The van der Waals surface area contributed by atoms with E-state index in [-0.39, 0.29) is 16.7 Å². The molecule has 184 valence electrons. The van der Waals surface area contributed by atoms with Crippen LogP contribution in [0, 0.1) is 0 Å². The van der Waals surface area contributed by atoms with Gasteiger partial charge in [0.1, 0.15) is 5.75 Å². The predicted octanol–water partition coefficient (Wildman–Crippen LogP) is 3.82. The number of halogens is 1. The number of methoxy groups -OCH3 is 1. The molecule has 2 saturated heterocycles. The fraction of sp³-hybridized carbons (Fsp3) is 0.560. The van der Waals surface area contributed by atoms with Crippen molar-refractivity contribution >= 4 is 29.0 Å². The predicted molar refractivity (Wildman–Crippen MR) is 135 cm³/mol. The highest BCUT2D eigenvalue weighted by molar-refractivity contribution is 6.30. The van der Waals surface area contributed by atoms with Gasteiger partial charge >= 0.3 is 0 Å². The van der Waals surface area contributed by atoms with E-state index < -0.39 is 5.91 Å². The molecule has 0 radical (unpaired) electrons. The van der Waals surface area contributed by atoms with Crippen LogP contribution in [-0.4, -0.2) is 72.1 Å². The van der Waals surface area contributed by atoms with Crippen molar-refractivity contribution in [2.24, 2.45) is 5.73 Å². The second kappa shape index (κ2) is 10.9. The number of rotatable bonds is 7. The summed E-state index contributed by atoms with van der Waals surface area (Å²) in [5, 5.41) is 3.41. The first-order valence-corrected chi connectivity index (χ1v) is 12.5. The number of anilines is 2. The molecule has 2 fully saturated rings. The molecule has 1 aromatic carbocycles. The number of amides is 1. The van der Waals surface area contributed by atoms with Crippen LogP contribution < -0.4 is 15.8 Å². The van der Waals surface area contributed by atoms with Gasteiger partial charge < -0.3 is 25.6 Å². The fourth-order valence-corrected chi connectivity index (χ4v) is 5.39.